The van der Waals surface area contributed by atoms with E-state index in [9.17, 15) is 30.3 Å². The first-order chi connectivity index (χ1) is 9.82. The van der Waals surface area contributed by atoms with Gasteiger partial charge in [0, 0.05) is 0 Å². The monoisotopic (exact) mass is 302 g/mol. The number of para-hydroxylation sites is 1. The number of aliphatic hydroxyl groups excluding tert-OH is 3. The highest BCUT2D eigenvalue weighted by atomic mass is 16.7. The van der Waals surface area contributed by atoms with E-state index in [1.165, 1.54) is 18.2 Å². The van der Waals surface area contributed by atoms with Crippen LogP contribution in [0.5, 0.6) is 17.2 Å². The van der Waals surface area contributed by atoms with E-state index in [4.69, 9.17) is 14.6 Å². The second kappa shape index (κ2) is 5.74. The highest BCUT2D eigenvalue weighted by Crippen LogP contribution is 2.37. The average molecular weight is 302 g/mol. The van der Waals surface area contributed by atoms with E-state index >= 15 is 0 Å². The molecule has 1 aromatic carbocycles. The zero-order valence-corrected chi connectivity index (χ0v) is 10.5. The SMILES string of the molecule is O=C(O)C1OC(Oc2c(O)cccc2O)C(O)C(O)C1O. The number of hydrogen-bond donors (Lipinski definition) is 6. The number of rotatable bonds is 3. The number of aromatic hydroxyl groups is 2. The maximum absolute atomic E-state index is 10.9. The van der Waals surface area contributed by atoms with Gasteiger partial charge in [0.2, 0.25) is 12.0 Å². The number of phenols is 2. The van der Waals surface area contributed by atoms with Crippen molar-refractivity contribution in [2.75, 3.05) is 0 Å². The summed E-state index contributed by atoms with van der Waals surface area (Å²) in [6.07, 6.45) is -9.01. The van der Waals surface area contributed by atoms with Crippen LogP contribution >= 0.6 is 0 Å². The van der Waals surface area contributed by atoms with Gasteiger partial charge in [-0.1, -0.05) is 6.07 Å². The third kappa shape index (κ3) is 2.85. The summed E-state index contributed by atoms with van der Waals surface area (Å²) < 4.78 is 9.87. The Hall–Kier alpha value is -2.07. The Balaban J connectivity index is 2.24. The van der Waals surface area contributed by atoms with Crippen LogP contribution in [0.25, 0.3) is 0 Å². The minimum Gasteiger partial charge on any atom is -0.504 e. The molecule has 1 aromatic rings. The molecular weight excluding hydrogens is 288 g/mol. The molecule has 21 heavy (non-hydrogen) atoms. The Bertz CT molecular complexity index is 511. The summed E-state index contributed by atoms with van der Waals surface area (Å²) in [5.74, 6) is -2.96. The first kappa shape index (κ1) is 15.3. The van der Waals surface area contributed by atoms with E-state index in [-0.39, 0.29) is 0 Å². The molecule has 9 nitrogen and oxygen atoms in total. The molecule has 1 fully saturated rings. The van der Waals surface area contributed by atoms with Crippen LogP contribution < -0.4 is 4.74 Å². The number of aliphatic hydroxyl groups is 3. The molecule has 0 amide bonds. The van der Waals surface area contributed by atoms with Gasteiger partial charge in [0.15, 0.2) is 17.6 Å². The van der Waals surface area contributed by atoms with Crippen molar-refractivity contribution in [3.8, 4) is 17.2 Å². The first-order valence-corrected chi connectivity index (χ1v) is 5.93. The lowest BCUT2D eigenvalue weighted by atomic mass is 9.99. The second-order valence-electron chi connectivity index (χ2n) is 4.48. The van der Waals surface area contributed by atoms with Gasteiger partial charge in [0.05, 0.1) is 0 Å². The van der Waals surface area contributed by atoms with Gasteiger partial charge in [0.25, 0.3) is 0 Å². The molecule has 6 N–H and O–H groups in total. The van der Waals surface area contributed by atoms with Gasteiger partial charge in [-0.25, -0.2) is 4.79 Å². The number of carboxylic acids is 1. The van der Waals surface area contributed by atoms with Crippen LogP contribution in [0.15, 0.2) is 18.2 Å². The van der Waals surface area contributed by atoms with E-state index in [1.54, 1.807) is 0 Å². The fourth-order valence-corrected chi connectivity index (χ4v) is 1.90. The van der Waals surface area contributed by atoms with Gasteiger partial charge in [-0.3, -0.25) is 0 Å². The predicted molar refractivity (Wildman–Crippen MR) is 64.7 cm³/mol. The first-order valence-electron chi connectivity index (χ1n) is 5.93. The number of ether oxygens (including phenoxy) is 2. The van der Waals surface area contributed by atoms with E-state index in [2.05, 4.69) is 0 Å². The van der Waals surface area contributed by atoms with Crippen molar-refractivity contribution in [1.82, 2.24) is 0 Å². The third-order valence-electron chi connectivity index (χ3n) is 3.02. The Kier molecular flexibility index (Phi) is 4.19. The molecule has 5 atom stereocenters. The number of phenolic OH excluding ortho intramolecular Hbond substituents is 2. The van der Waals surface area contributed by atoms with Crippen LogP contribution in [0.4, 0.5) is 0 Å². The van der Waals surface area contributed by atoms with Crippen LogP contribution in [-0.4, -0.2) is 67.3 Å². The smallest absolute Gasteiger partial charge is 0.335 e. The second-order valence-corrected chi connectivity index (χ2v) is 4.48. The van der Waals surface area contributed by atoms with E-state index in [0.29, 0.717) is 0 Å². The molecule has 0 aromatic heterocycles. The Morgan fingerprint density at radius 1 is 1.05 bits per heavy atom. The summed E-state index contributed by atoms with van der Waals surface area (Å²) in [6, 6.07) is 3.70. The maximum atomic E-state index is 10.9. The molecule has 0 saturated carbocycles. The molecule has 0 radical (unpaired) electrons. The molecule has 2 rings (SSSR count). The molecule has 1 saturated heterocycles. The molecule has 5 unspecified atom stereocenters. The minimum absolute atomic E-state index is 0.450. The van der Waals surface area contributed by atoms with Crippen molar-refractivity contribution in [3.63, 3.8) is 0 Å². The highest BCUT2D eigenvalue weighted by molar-refractivity contribution is 5.73. The molecule has 0 bridgehead atoms. The molecule has 1 heterocycles. The molecule has 9 heteroatoms. The average Bonchev–Trinajstić information content (AvgIpc) is 2.42. The standard InChI is InChI=1S/C12H14O9/c13-4-2-1-3-5(14)9(4)20-12-8(17)6(15)7(16)10(21-12)11(18)19/h1-3,6-8,10,12-17H,(H,18,19). The van der Waals surface area contributed by atoms with Crippen molar-refractivity contribution in [2.24, 2.45) is 0 Å². The zero-order chi connectivity index (χ0) is 15.7. The van der Waals surface area contributed by atoms with Crippen LogP contribution in [0.1, 0.15) is 0 Å². The van der Waals surface area contributed by atoms with Gasteiger partial charge < -0.3 is 40.1 Å². The normalized spacial score (nSPS) is 32.6. The third-order valence-corrected chi connectivity index (χ3v) is 3.02. The van der Waals surface area contributed by atoms with Crippen molar-refractivity contribution >= 4 is 5.97 Å². The summed E-state index contributed by atoms with van der Waals surface area (Å²) in [5.41, 5.74) is 0. The maximum Gasteiger partial charge on any atom is 0.335 e. The summed E-state index contributed by atoms with van der Waals surface area (Å²) >= 11 is 0. The van der Waals surface area contributed by atoms with Crippen LogP contribution in [-0.2, 0) is 9.53 Å². The van der Waals surface area contributed by atoms with Crippen LogP contribution in [0.3, 0.4) is 0 Å². The summed E-state index contributed by atoms with van der Waals surface area (Å²) in [5, 5.41) is 56.8. The molecule has 1 aliphatic heterocycles. The van der Waals surface area contributed by atoms with Crippen LogP contribution in [0.2, 0.25) is 0 Å². The Labute approximate surface area is 118 Å². The van der Waals surface area contributed by atoms with Crippen LogP contribution in [0, 0.1) is 0 Å². The topological polar surface area (TPSA) is 157 Å². The number of carbonyl (C=O) groups is 1. The van der Waals surface area contributed by atoms with Crippen molar-refractivity contribution in [3.05, 3.63) is 18.2 Å². The summed E-state index contributed by atoms with van der Waals surface area (Å²) in [6.45, 7) is 0. The molecule has 1 aliphatic rings. The largest absolute Gasteiger partial charge is 0.504 e. The Morgan fingerprint density at radius 3 is 2.14 bits per heavy atom. The lowest BCUT2D eigenvalue weighted by molar-refractivity contribution is -0.271. The van der Waals surface area contributed by atoms with E-state index in [0.717, 1.165) is 0 Å². The highest BCUT2D eigenvalue weighted by Gasteiger charge is 2.48. The Morgan fingerprint density at radius 2 is 1.62 bits per heavy atom. The quantitative estimate of drug-likeness (QED) is 0.385. The molecule has 116 valence electrons. The van der Waals surface area contributed by atoms with Crippen molar-refractivity contribution in [2.45, 2.75) is 30.7 Å². The number of hydrogen-bond acceptors (Lipinski definition) is 8. The lowest BCUT2D eigenvalue weighted by Crippen LogP contribution is -2.61. The molecule has 0 spiro atoms. The zero-order valence-electron chi connectivity index (χ0n) is 10.5. The fraction of sp³-hybridized carbons (Fsp3) is 0.417. The van der Waals surface area contributed by atoms with E-state index in [1.807, 2.05) is 0 Å². The number of benzene rings is 1. The van der Waals surface area contributed by atoms with Crippen molar-refractivity contribution < 1.29 is 44.9 Å². The van der Waals surface area contributed by atoms with E-state index < -0.39 is 53.9 Å². The van der Waals surface area contributed by atoms with Crippen molar-refractivity contribution in [1.29, 1.82) is 0 Å². The number of carboxylic acid groups (broad SMARTS) is 1. The van der Waals surface area contributed by atoms with Gasteiger partial charge >= 0.3 is 5.97 Å². The number of aliphatic carboxylic acids is 1. The lowest BCUT2D eigenvalue weighted by Gasteiger charge is -2.38. The van der Waals surface area contributed by atoms with Gasteiger partial charge in [-0.05, 0) is 12.1 Å². The fourth-order valence-electron chi connectivity index (χ4n) is 1.90. The summed E-state index contributed by atoms with van der Waals surface area (Å²) in [7, 11) is 0. The van der Waals surface area contributed by atoms with Gasteiger partial charge in [-0.15, -0.1) is 0 Å². The summed E-state index contributed by atoms with van der Waals surface area (Å²) in [4.78, 5) is 10.9. The van der Waals surface area contributed by atoms with Gasteiger partial charge in [-0.2, -0.15) is 0 Å². The minimum atomic E-state index is -1.85. The molecular formula is C12H14O9. The molecule has 0 aliphatic carbocycles. The predicted octanol–water partition coefficient (Wildman–Crippen LogP) is -1.63. The van der Waals surface area contributed by atoms with Gasteiger partial charge in [0.1, 0.15) is 18.3 Å².